The Morgan fingerprint density at radius 1 is 1.14 bits per heavy atom. The molecule has 146 valence electrons. The van der Waals surface area contributed by atoms with Gasteiger partial charge >= 0.3 is 0 Å². The molecule has 3 heterocycles. The zero-order chi connectivity index (χ0) is 19.7. The highest BCUT2D eigenvalue weighted by molar-refractivity contribution is 7.12. The molecule has 0 saturated carbocycles. The van der Waals surface area contributed by atoms with Crippen LogP contribution in [0.1, 0.15) is 47.5 Å². The van der Waals surface area contributed by atoms with Crippen molar-refractivity contribution in [1.29, 1.82) is 0 Å². The van der Waals surface area contributed by atoms with Crippen molar-refractivity contribution in [3.05, 3.63) is 63.9 Å². The van der Waals surface area contributed by atoms with Gasteiger partial charge in [-0.05, 0) is 50.1 Å². The van der Waals surface area contributed by atoms with Gasteiger partial charge in [0.05, 0.1) is 4.88 Å². The fourth-order valence-electron chi connectivity index (χ4n) is 4.19. The minimum absolute atomic E-state index is 0.0149. The Labute approximate surface area is 170 Å². The molecule has 1 N–H and O–H groups in total. The SMILES string of the molecule is CC1(C)Cc2ccccc2/C(=C\C(=O)C2CCN(C(=O)c3cccs3)CC2)N1. The van der Waals surface area contributed by atoms with Crippen molar-refractivity contribution in [2.24, 2.45) is 5.92 Å². The summed E-state index contributed by atoms with van der Waals surface area (Å²) in [5.41, 5.74) is 3.26. The molecule has 28 heavy (non-hydrogen) atoms. The minimum atomic E-state index is -0.0725. The van der Waals surface area contributed by atoms with Crippen LogP contribution in [0.3, 0.4) is 0 Å². The predicted octanol–water partition coefficient (Wildman–Crippen LogP) is 4.13. The highest BCUT2D eigenvalue weighted by Crippen LogP contribution is 2.30. The number of fused-ring (bicyclic) bond motifs is 1. The molecule has 1 aromatic carbocycles. The first-order chi connectivity index (χ1) is 13.4. The molecule has 0 bridgehead atoms. The van der Waals surface area contributed by atoms with Crippen LogP contribution in [0, 0.1) is 5.92 Å². The van der Waals surface area contributed by atoms with E-state index in [2.05, 4.69) is 37.4 Å². The smallest absolute Gasteiger partial charge is 0.263 e. The molecular formula is C23H26N2O2S. The fourth-order valence-corrected chi connectivity index (χ4v) is 4.88. The van der Waals surface area contributed by atoms with Gasteiger partial charge in [-0.1, -0.05) is 30.3 Å². The topological polar surface area (TPSA) is 49.4 Å². The van der Waals surface area contributed by atoms with E-state index in [1.54, 1.807) is 6.08 Å². The summed E-state index contributed by atoms with van der Waals surface area (Å²) in [7, 11) is 0. The average Bonchev–Trinajstić information content (AvgIpc) is 3.21. The summed E-state index contributed by atoms with van der Waals surface area (Å²) in [5.74, 6) is 0.237. The molecule has 2 aromatic rings. The van der Waals surface area contributed by atoms with Crippen LogP contribution in [0.4, 0.5) is 0 Å². The Balaban J connectivity index is 1.45. The summed E-state index contributed by atoms with van der Waals surface area (Å²) in [5, 5.41) is 5.46. The number of rotatable bonds is 3. The lowest BCUT2D eigenvalue weighted by atomic mass is 9.84. The Morgan fingerprint density at radius 2 is 1.89 bits per heavy atom. The molecule has 0 radical (unpaired) electrons. The molecule has 2 aliphatic rings. The average molecular weight is 395 g/mol. The maximum Gasteiger partial charge on any atom is 0.263 e. The second kappa shape index (κ2) is 7.55. The summed E-state index contributed by atoms with van der Waals surface area (Å²) >= 11 is 1.47. The summed E-state index contributed by atoms with van der Waals surface area (Å²) in [6.45, 7) is 5.61. The molecule has 0 atom stereocenters. The maximum atomic E-state index is 13.0. The van der Waals surface area contributed by atoms with Crippen molar-refractivity contribution in [2.75, 3.05) is 13.1 Å². The number of carbonyl (C=O) groups is 2. The van der Waals surface area contributed by atoms with Crippen LogP contribution in [-0.2, 0) is 11.2 Å². The lowest BCUT2D eigenvalue weighted by Gasteiger charge is -2.36. The van der Waals surface area contributed by atoms with Crippen LogP contribution in [0.2, 0.25) is 0 Å². The van der Waals surface area contributed by atoms with E-state index in [0.29, 0.717) is 13.1 Å². The fraction of sp³-hybridized carbons (Fsp3) is 0.391. The highest BCUT2D eigenvalue weighted by Gasteiger charge is 2.30. The van der Waals surface area contributed by atoms with Gasteiger partial charge in [-0.2, -0.15) is 0 Å². The quantitative estimate of drug-likeness (QED) is 0.796. The Bertz CT molecular complexity index is 906. The Hall–Kier alpha value is -2.40. The van der Waals surface area contributed by atoms with Gasteiger partial charge in [0.1, 0.15) is 0 Å². The second-order valence-electron chi connectivity index (χ2n) is 8.35. The number of likely N-dealkylation sites (tertiary alicyclic amines) is 1. The van der Waals surface area contributed by atoms with E-state index < -0.39 is 0 Å². The number of hydrogen-bond acceptors (Lipinski definition) is 4. The molecule has 1 aromatic heterocycles. The van der Waals surface area contributed by atoms with Crippen molar-refractivity contribution in [1.82, 2.24) is 10.2 Å². The van der Waals surface area contributed by atoms with Crippen molar-refractivity contribution >= 4 is 28.7 Å². The van der Waals surface area contributed by atoms with E-state index in [1.165, 1.54) is 16.9 Å². The Morgan fingerprint density at radius 3 is 2.61 bits per heavy atom. The third-order valence-corrected chi connectivity index (χ3v) is 6.47. The number of nitrogens with zero attached hydrogens (tertiary/aromatic N) is 1. The van der Waals surface area contributed by atoms with E-state index in [0.717, 1.165) is 35.4 Å². The summed E-state index contributed by atoms with van der Waals surface area (Å²) in [4.78, 5) is 28.1. The van der Waals surface area contributed by atoms with E-state index >= 15 is 0 Å². The molecule has 0 aliphatic carbocycles. The number of allylic oxidation sites excluding steroid dienone is 1. The van der Waals surface area contributed by atoms with Crippen LogP contribution in [0.25, 0.3) is 5.70 Å². The third-order valence-electron chi connectivity index (χ3n) is 5.62. The molecule has 4 rings (SSSR count). The lowest BCUT2D eigenvalue weighted by Crippen LogP contribution is -2.44. The summed E-state index contributed by atoms with van der Waals surface area (Å²) in [6.07, 6.45) is 4.19. The molecule has 4 nitrogen and oxygen atoms in total. The number of hydrogen-bond donors (Lipinski definition) is 1. The van der Waals surface area contributed by atoms with Gasteiger partial charge in [0.2, 0.25) is 0 Å². The first-order valence-corrected chi connectivity index (χ1v) is 10.8. The lowest BCUT2D eigenvalue weighted by molar-refractivity contribution is -0.119. The van der Waals surface area contributed by atoms with E-state index in [-0.39, 0.29) is 23.1 Å². The summed E-state index contributed by atoms with van der Waals surface area (Å²) in [6, 6.07) is 12.1. The number of thiophene rings is 1. The van der Waals surface area contributed by atoms with Gasteiger partial charge in [0.15, 0.2) is 5.78 Å². The third kappa shape index (κ3) is 3.90. The molecule has 5 heteroatoms. The first-order valence-electron chi connectivity index (χ1n) is 9.88. The van der Waals surface area contributed by atoms with Gasteiger partial charge in [-0.3, -0.25) is 9.59 Å². The Kier molecular flexibility index (Phi) is 5.11. The molecule has 0 spiro atoms. The number of ketones is 1. The van der Waals surface area contributed by atoms with Crippen LogP contribution in [-0.4, -0.2) is 35.2 Å². The number of amides is 1. The van der Waals surface area contributed by atoms with Gasteiger partial charge in [0, 0.05) is 41.9 Å². The van der Waals surface area contributed by atoms with Crippen LogP contribution in [0.5, 0.6) is 0 Å². The van der Waals surface area contributed by atoms with Crippen molar-refractivity contribution in [3.63, 3.8) is 0 Å². The number of benzene rings is 1. The van der Waals surface area contributed by atoms with E-state index in [4.69, 9.17) is 0 Å². The molecule has 1 saturated heterocycles. The molecular weight excluding hydrogens is 368 g/mol. The number of piperidine rings is 1. The van der Waals surface area contributed by atoms with Gasteiger partial charge in [-0.25, -0.2) is 0 Å². The van der Waals surface area contributed by atoms with Gasteiger partial charge in [-0.15, -0.1) is 11.3 Å². The molecule has 0 unspecified atom stereocenters. The van der Waals surface area contributed by atoms with Gasteiger partial charge < -0.3 is 10.2 Å². The van der Waals surface area contributed by atoms with Crippen molar-refractivity contribution in [3.8, 4) is 0 Å². The molecule has 1 fully saturated rings. The van der Waals surface area contributed by atoms with Crippen molar-refractivity contribution in [2.45, 2.75) is 38.6 Å². The first kappa shape index (κ1) is 18.9. The second-order valence-corrected chi connectivity index (χ2v) is 9.29. The van der Waals surface area contributed by atoms with Gasteiger partial charge in [0.25, 0.3) is 5.91 Å². The van der Waals surface area contributed by atoms with Crippen LogP contribution < -0.4 is 5.32 Å². The maximum absolute atomic E-state index is 13.0. The number of carbonyl (C=O) groups excluding carboxylic acids is 2. The monoisotopic (exact) mass is 394 g/mol. The van der Waals surface area contributed by atoms with Crippen LogP contribution in [0.15, 0.2) is 47.9 Å². The molecule has 2 aliphatic heterocycles. The largest absolute Gasteiger partial charge is 0.379 e. The number of nitrogens with one attached hydrogen (secondary N) is 1. The highest BCUT2D eigenvalue weighted by atomic mass is 32.1. The zero-order valence-electron chi connectivity index (χ0n) is 16.4. The van der Waals surface area contributed by atoms with E-state index in [9.17, 15) is 9.59 Å². The summed E-state index contributed by atoms with van der Waals surface area (Å²) < 4.78 is 0. The standard InChI is InChI=1S/C23H26N2O2S/c1-23(2)15-17-6-3-4-7-18(17)19(24-23)14-20(26)16-9-11-25(12-10-16)22(27)21-8-5-13-28-21/h3-8,13-14,16,24H,9-12,15H2,1-2H3/b19-14+. The van der Waals surface area contributed by atoms with E-state index in [1.807, 2.05) is 28.5 Å². The minimum Gasteiger partial charge on any atom is -0.379 e. The van der Waals surface area contributed by atoms with Crippen LogP contribution >= 0.6 is 11.3 Å². The molecule has 1 amide bonds. The van der Waals surface area contributed by atoms with Crippen molar-refractivity contribution < 1.29 is 9.59 Å². The zero-order valence-corrected chi connectivity index (χ0v) is 17.2. The predicted molar refractivity (Wildman–Crippen MR) is 113 cm³/mol. The normalized spacial score (nSPS) is 20.5.